The monoisotopic (exact) mass is 859 g/mol. The summed E-state index contributed by atoms with van der Waals surface area (Å²) in [6.45, 7) is 8.77. The highest BCUT2D eigenvalue weighted by molar-refractivity contribution is 14.1. The Labute approximate surface area is 264 Å². The summed E-state index contributed by atoms with van der Waals surface area (Å²) in [6, 6.07) is 7.51. The van der Waals surface area contributed by atoms with Gasteiger partial charge in [-0.25, -0.2) is 0 Å². The number of carbonyl (C=O) groups is 4. The van der Waals surface area contributed by atoms with Crippen molar-refractivity contribution in [3.63, 3.8) is 0 Å². The summed E-state index contributed by atoms with van der Waals surface area (Å²) in [5.41, 5.74) is 2.98. The van der Waals surface area contributed by atoms with Crippen molar-refractivity contribution in [3.05, 3.63) is 46.1 Å². The first kappa shape index (κ1) is 32.7. The number of nitrogens with one attached hydrogen (secondary N) is 3. The van der Waals surface area contributed by atoms with Gasteiger partial charge in [-0.3, -0.25) is 19.2 Å². The van der Waals surface area contributed by atoms with Crippen LogP contribution in [0.1, 0.15) is 63.4 Å². The molecule has 2 rings (SSSR count). The van der Waals surface area contributed by atoms with Gasteiger partial charge in [0, 0.05) is 12.1 Å². The molecule has 206 valence electrons. The highest BCUT2D eigenvalue weighted by atomic mass is 127. The van der Waals surface area contributed by atoms with Crippen LogP contribution in [0.25, 0.3) is 0 Å². The smallest absolute Gasteiger partial charge is 0.306 e. The van der Waals surface area contributed by atoms with Gasteiger partial charge in [0.25, 0.3) is 5.91 Å². The van der Waals surface area contributed by atoms with E-state index in [9.17, 15) is 19.2 Å². The molecule has 2 aromatic rings. The Morgan fingerprint density at radius 3 is 1.76 bits per heavy atom. The average molecular weight is 859 g/mol. The number of Topliss-reactive ketones (excluding diaryl/α,β-unsaturated/α-hetero) is 2. The number of aryl methyl sites for hydroxylation is 1. The van der Waals surface area contributed by atoms with Gasteiger partial charge in [-0.15, -0.1) is 0 Å². The Morgan fingerprint density at radius 2 is 1.32 bits per heavy atom. The van der Waals surface area contributed by atoms with Gasteiger partial charge in [-0.1, -0.05) is 12.1 Å². The molecule has 3 N–H and O–H groups in total. The Kier molecular flexibility index (Phi) is 12.7. The van der Waals surface area contributed by atoms with Gasteiger partial charge in [0.15, 0.2) is 0 Å². The van der Waals surface area contributed by atoms with E-state index in [-0.39, 0.29) is 36.5 Å². The fraction of sp³-hybridized carbons (Fsp3) is 0.407. The zero-order valence-electron chi connectivity index (χ0n) is 22.0. The van der Waals surface area contributed by atoms with Crippen molar-refractivity contribution in [2.75, 3.05) is 29.0 Å². The topological polar surface area (TPSA) is 114 Å². The predicted octanol–water partition coefficient (Wildman–Crippen LogP) is 6.42. The van der Waals surface area contributed by atoms with Gasteiger partial charge in [-0.05, 0) is 133 Å². The van der Waals surface area contributed by atoms with E-state index in [1.165, 1.54) is 13.8 Å². The SMILES string of the molecule is CC(=O)CNc1c(I)c(NCC(C)=O)c(I)c(C(=O)Nc2ccc(CCCC(=O)OC(C)(C)C)cc2)c1I. The molecule has 0 spiro atoms. The minimum atomic E-state index is -0.488. The van der Waals surface area contributed by atoms with Crippen LogP contribution in [0.3, 0.4) is 0 Å². The van der Waals surface area contributed by atoms with Crippen molar-refractivity contribution in [2.24, 2.45) is 0 Å². The molecule has 2 aromatic carbocycles. The van der Waals surface area contributed by atoms with Crippen LogP contribution in [0.5, 0.6) is 0 Å². The molecule has 0 bridgehead atoms. The first-order valence-electron chi connectivity index (χ1n) is 12.0. The van der Waals surface area contributed by atoms with E-state index < -0.39 is 5.60 Å². The molecular weight excluding hydrogens is 827 g/mol. The van der Waals surface area contributed by atoms with Gasteiger partial charge >= 0.3 is 5.97 Å². The van der Waals surface area contributed by atoms with Crippen molar-refractivity contribution in [2.45, 2.75) is 59.5 Å². The Bertz CT molecular complexity index is 1160. The second-order valence-electron chi connectivity index (χ2n) is 9.77. The number of rotatable bonds is 12. The molecule has 0 radical (unpaired) electrons. The summed E-state index contributed by atoms with van der Waals surface area (Å²) in [6.07, 6.45) is 1.74. The summed E-state index contributed by atoms with van der Waals surface area (Å²) >= 11 is 6.38. The van der Waals surface area contributed by atoms with E-state index in [2.05, 4.69) is 83.7 Å². The minimum absolute atomic E-state index is 0.0365. The average Bonchev–Trinajstić information content (AvgIpc) is 2.78. The van der Waals surface area contributed by atoms with Gasteiger partial charge in [0.2, 0.25) is 0 Å². The summed E-state index contributed by atoms with van der Waals surface area (Å²) in [5, 5.41) is 9.23. The summed E-state index contributed by atoms with van der Waals surface area (Å²) < 4.78 is 7.51. The van der Waals surface area contributed by atoms with Crippen molar-refractivity contribution in [3.8, 4) is 0 Å². The van der Waals surface area contributed by atoms with Crippen molar-refractivity contribution >= 4 is 108 Å². The number of halogens is 3. The number of anilines is 3. The van der Waals surface area contributed by atoms with Crippen LogP contribution in [0, 0.1) is 10.7 Å². The molecule has 0 aliphatic rings. The standard InChI is InChI=1S/C27H32I3N3O5/c1-15(34)13-31-24-21(28)20(22(29)25(23(24)30)32-14-16(2)35)26(37)33-18-11-9-17(10-12-18)7-6-8-19(36)38-27(3,4)5/h9-12,31-32H,6-8,13-14H2,1-5H3,(H,33,37). The number of ether oxygens (including phenoxy) is 1. The molecule has 0 aliphatic carbocycles. The van der Waals surface area contributed by atoms with Gasteiger partial charge in [0.05, 0.1) is 40.7 Å². The summed E-state index contributed by atoms with van der Waals surface area (Å²) in [4.78, 5) is 48.6. The zero-order valence-corrected chi connectivity index (χ0v) is 28.5. The number of hydrogen-bond acceptors (Lipinski definition) is 7. The van der Waals surface area contributed by atoms with Crippen LogP contribution >= 0.6 is 67.8 Å². The molecule has 38 heavy (non-hydrogen) atoms. The maximum Gasteiger partial charge on any atom is 0.306 e. The molecule has 1 amide bonds. The third kappa shape index (κ3) is 10.2. The number of esters is 1. The summed E-state index contributed by atoms with van der Waals surface area (Å²) in [7, 11) is 0. The van der Waals surface area contributed by atoms with E-state index in [0.29, 0.717) is 42.6 Å². The lowest BCUT2D eigenvalue weighted by Crippen LogP contribution is -2.23. The van der Waals surface area contributed by atoms with E-state index in [1.54, 1.807) is 0 Å². The maximum atomic E-state index is 13.4. The molecule has 0 aliphatic heterocycles. The molecular formula is C27H32I3N3O5. The number of hydrogen-bond donors (Lipinski definition) is 3. The molecule has 8 nitrogen and oxygen atoms in total. The largest absolute Gasteiger partial charge is 0.460 e. The van der Waals surface area contributed by atoms with Gasteiger partial charge in [-0.2, -0.15) is 0 Å². The van der Waals surface area contributed by atoms with Crippen LogP contribution in [-0.2, 0) is 25.5 Å². The van der Waals surface area contributed by atoms with E-state index >= 15 is 0 Å². The fourth-order valence-corrected chi connectivity index (χ4v) is 7.80. The van der Waals surface area contributed by atoms with Crippen LogP contribution < -0.4 is 16.0 Å². The molecule has 0 fully saturated rings. The number of amides is 1. The van der Waals surface area contributed by atoms with Crippen molar-refractivity contribution < 1.29 is 23.9 Å². The Balaban J connectivity index is 2.21. The minimum Gasteiger partial charge on any atom is -0.460 e. The summed E-state index contributed by atoms with van der Waals surface area (Å²) in [5.74, 6) is -0.585. The zero-order chi connectivity index (χ0) is 28.6. The van der Waals surface area contributed by atoms with E-state index in [1.807, 2.05) is 45.0 Å². The second-order valence-corrected chi connectivity index (χ2v) is 13.0. The number of carbonyl (C=O) groups excluding carboxylic acids is 4. The van der Waals surface area contributed by atoms with Crippen LogP contribution in [0.15, 0.2) is 24.3 Å². The Morgan fingerprint density at radius 1 is 0.816 bits per heavy atom. The lowest BCUT2D eigenvalue weighted by Gasteiger charge is -2.20. The second kappa shape index (κ2) is 14.8. The normalized spacial score (nSPS) is 11.1. The van der Waals surface area contributed by atoms with Crippen molar-refractivity contribution in [1.82, 2.24) is 0 Å². The first-order valence-corrected chi connectivity index (χ1v) is 15.2. The lowest BCUT2D eigenvalue weighted by molar-refractivity contribution is -0.154. The molecule has 0 atom stereocenters. The fourth-order valence-electron chi connectivity index (χ4n) is 3.38. The van der Waals surface area contributed by atoms with Crippen LogP contribution in [-0.4, -0.2) is 42.1 Å². The molecule has 0 saturated heterocycles. The van der Waals surface area contributed by atoms with E-state index in [0.717, 1.165) is 15.6 Å². The molecule has 11 heteroatoms. The molecule has 0 aromatic heterocycles. The lowest BCUT2D eigenvalue weighted by atomic mass is 10.1. The highest BCUT2D eigenvalue weighted by Gasteiger charge is 2.25. The van der Waals surface area contributed by atoms with Crippen LogP contribution in [0.4, 0.5) is 17.1 Å². The Hall–Kier alpha value is -1.49. The molecule has 0 unspecified atom stereocenters. The number of benzene rings is 2. The van der Waals surface area contributed by atoms with Crippen molar-refractivity contribution in [1.29, 1.82) is 0 Å². The van der Waals surface area contributed by atoms with Crippen LogP contribution in [0.2, 0.25) is 0 Å². The highest BCUT2D eigenvalue weighted by Crippen LogP contribution is 2.39. The number of ketones is 2. The van der Waals surface area contributed by atoms with Gasteiger partial charge in [0.1, 0.15) is 17.2 Å². The molecule has 0 saturated carbocycles. The maximum absolute atomic E-state index is 13.4. The third-order valence-electron chi connectivity index (χ3n) is 5.05. The van der Waals surface area contributed by atoms with Gasteiger partial charge < -0.3 is 20.7 Å². The third-order valence-corrected chi connectivity index (χ3v) is 8.29. The first-order chi connectivity index (χ1) is 17.7. The predicted molar refractivity (Wildman–Crippen MR) is 176 cm³/mol. The molecule has 0 heterocycles. The van der Waals surface area contributed by atoms with E-state index in [4.69, 9.17) is 4.74 Å². The quantitative estimate of drug-likeness (QED) is 0.167.